The SMILES string of the molecule is CN(CCCCCc1cc(-c2cccc(F)c2)n[nH]1)C(=O)c1csc(-c2cnn(C)c2)n1. The normalized spacial score (nSPS) is 11.1. The fourth-order valence-corrected chi connectivity index (χ4v) is 4.23. The maximum atomic E-state index is 13.4. The van der Waals surface area contributed by atoms with Crippen molar-refractivity contribution >= 4 is 17.2 Å². The van der Waals surface area contributed by atoms with Crippen LogP contribution in [0.2, 0.25) is 0 Å². The summed E-state index contributed by atoms with van der Waals surface area (Å²) in [7, 11) is 3.66. The van der Waals surface area contributed by atoms with Crippen LogP contribution in [0, 0.1) is 5.82 Å². The Morgan fingerprint density at radius 3 is 2.88 bits per heavy atom. The monoisotopic (exact) mass is 452 g/mol. The van der Waals surface area contributed by atoms with Crippen molar-refractivity contribution in [3.05, 3.63) is 65.3 Å². The summed E-state index contributed by atoms with van der Waals surface area (Å²) in [4.78, 5) is 18.8. The number of nitrogens with zero attached hydrogens (tertiary/aromatic N) is 5. The number of aryl methyl sites for hydroxylation is 2. The van der Waals surface area contributed by atoms with Crippen molar-refractivity contribution in [1.82, 2.24) is 29.9 Å². The van der Waals surface area contributed by atoms with Crippen molar-refractivity contribution in [1.29, 1.82) is 0 Å². The molecule has 4 aromatic rings. The molecule has 32 heavy (non-hydrogen) atoms. The predicted octanol–water partition coefficient (Wildman–Crippen LogP) is 4.56. The number of aromatic amines is 1. The third kappa shape index (κ3) is 5.28. The number of H-pyrrole nitrogens is 1. The second-order valence-corrected chi connectivity index (χ2v) is 8.62. The average molecular weight is 453 g/mol. The van der Waals surface area contributed by atoms with E-state index in [2.05, 4.69) is 20.3 Å². The predicted molar refractivity (Wildman–Crippen MR) is 123 cm³/mol. The number of hydrogen-bond donors (Lipinski definition) is 1. The standard InChI is InChI=1S/C23H25FN6OS/c1-29(23(31)21-15-32-22(26-21)17-13-25-30(2)14-17)10-5-3-4-9-19-12-20(28-27-19)16-7-6-8-18(24)11-16/h6-8,11-15H,3-5,9-10H2,1-2H3,(H,27,28). The molecule has 166 valence electrons. The zero-order valence-corrected chi connectivity index (χ0v) is 18.9. The summed E-state index contributed by atoms with van der Waals surface area (Å²) in [6.45, 7) is 0.677. The molecule has 3 aromatic heterocycles. The Morgan fingerprint density at radius 1 is 1.22 bits per heavy atom. The molecule has 4 rings (SSSR count). The van der Waals surface area contributed by atoms with Gasteiger partial charge in [0.2, 0.25) is 0 Å². The molecule has 0 aliphatic rings. The molecule has 0 radical (unpaired) electrons. The zero-order chi connectivity index (χ0) is 22.5. The van der Waals surface area contributed by atoms with E-state index >= 15 is 0 Å². The van der Waals surface area contributed by atoms with E-state index in [1.54, 1.807) is 27.2 Å². The summed E-state index contributed by atoms with van der Waals surface area (Å²) >= 11 is 1.45. The van der Waals surface area contributed by atoms with Gasteiger partial charge in [0.25, 0.3) is 5.91 Å². The maximum absolute atomic E-state index is 13.4. The van der Waals surface area contributed by atoms with Gasteiger partial charge in [0, 0.05) is 49.0 Å². The molecule has 1 aromatic carbocycles. The summed E-state index contributed by atoms with van der Waals surface area (Å²) in [6, 6.07) is 8.40. The van der Waals surface area contributed by atoms with Gasteiger partial charge in [-0.1, -0.05) is 18.6 Å². The highest BCUT2D eigenvalue weighted by Gasteiger charge is 2.16. The quantitative estimate of drug-likeness (QED) is 0.378. The van der Waals surface area contributed by atoms with Gasteiger partial charge in [-0.2, -0.15) is 10.2 Å². The van der Waals surface area contributed by atoms with Gasteiger partial charge in [-0.05, 0) is 37.5 Å². The number of aromatic nitrogens is 5. The van der Waals surface area contributed by atoms with E-state index in [4.69, 9.17) is 0 Å². The lowest BCUT2D eigenvalue weighted by Gasteiger charge is -2.15. The van der Waals surface area contributed by atoms with Crippen molar-refractivity contribution in [3.63, 3.8) is 0 Å². The second kappa shape index (κ2) is 9.86. The molecule has 0 unspecified atom stereocenters. The van der Waals surface area contributed by atoms with Gasteiger partial charge in [0.15, 0.2) is 0 Å². The molecule has 0 aliphatic heterocycles. The Bertz CT molecular complexity index is 1200. The highest BCUT2D eigenvalue weighted by atomic mass is 32.1. The van der Waals surface area contributed by atoms with Crippen LogP contribution >= 0.6 is 11.3 Å². The van der Waals surface area contributed by atoms with E-state index in [0.29, 0.717) is 12.2 Å². The Labute approximate surface area is 189 Å². The fourth-order valence-electron chi connectivity index (χ4n) is 3.46. The van der Waals surface area contributed by atoms with Gasteiger partial charge >= 0.3 is 0 Å². The average Bonchev–Trinajstić information content (AvgIpc) is 3.53. The Kier molecular flexibility index (Phi) is 6.75. The first kappa shape index (κ1) is 21.9. The van der Waals surface area contributed by atoms with Gasteiger partial charge in [0.1, 0.15) is 16.5 Å². The molecule has 1 N–H and O–H groups in total. The Balaban J connectivity index is 1.20. The number of benzene rings is 1. The Morgan fingerprint density at radius 2 is 2.09 bits per heavy atom. The molecule has 0 aliphatic carbocycles. The number of thiazole rings is 1. The summed E-state index contributed by atoms with van der Waals surface area (Å²) in [6.07, 6.45) is 7.38. The molecule has 0 saturated heterocycles. The van der Waals surface area contributed by atoms with Crippen molar-refractivity contribution < 1.29 is 9.18 Å². The smallest absolute Gasteiger partial charge is 0.273 e. The first-order valence-electron chi connectivity index (χ1n) is 10.5. The number of amides is 1. The molecule has 1 amide bonds. The van der Waals surface area contributed by atoms with Gasteiger partial charge in [0.05, 0.1) is 11.9 Å². The lowest BCUT2D eigenvalue weighted by Crippen LogP contribution is -2.28. The molecule has 0 bridgehead atoms. The largest absolute Gasteiger partial charge is 0.340 e. The summed E-state index contributed by atoms with van der Waals surface area (Å²) in [5.74, 6) is -0.332. The summed E-state index contributed by atoms with van der Waals surface area (Å²) in [5, 5.41) is 14.1. The minimum Gasteiger partial charge on any atom is -0.340 e. The van der Waals surface area contributed by atoms with E-state index in [-0.39, 0.29) is 11.7 Å². The highest BCUT2D eigenvalue weighted by Crippen LogP contribution is 2.23. The molecule has 3 heterocycles. The number of halogens is 1. The number of hydrogen-bond acceptors (Lipinski definition) is 5. The summed E-state index contributed by atoms with van der Waals surface area (Å²) in [5.41, 5.74) is 3.93. The van der Waals surface area contributed by atoms with E-state index < -0.39 is 0 Å². The van der Waals surface area contributed by atoms with E-state index in [0.717, 1.165) is 53.2 Å². The van der Waals surface area contributed by atoms with Crippen molar-refractivity contribution in [3.8, 4) is 21.8 Å². The third-order valence-electron chi connectivity index (χ3n) is 5.21. The third-order valence-corrected chi connectivity index (χ3v) is 6.10. The van der Waals surface area contributed by atoms with Gasteiger partial charge in [-0.25, -0.2) is 9.37 Å². The minimum absolute atomic E-state index is 0.0651. The van der Waals surface area contributed by atoms with Crippen molar-refractivity contribution in [2.75, 3.05) is 13.6 Å². The fraction of sp³-hybridized carbons (Fsp3) is 0.304. The molecule has 0 spiro atoms. The number of rotatable bonds is 9. The maximum Gasteiger partial charge on any atom is 0.273 e. The molecular formula is C23H25FN6OS. The summed E-state index contributed by atoms with van der Waals surface area (Å²) < 4.78 is 15.1. The van der Waals surface area contributed by atoms with Crippen LogP contribution in [0.3, 0.4) is 0 Å². The number of carbonyl (C=O) groups excluding carboxylic acids is 1. The van der Waals surface area contributed by atoms with Crippen LogP contribution < -0.4 is 0 Å². The van der Waals surface area contributed by atoms with E-state index in [1.807, 2.05) is 32.4 Å². The topological polar surface area (TPSA) is 79.7 Å². The molecule has 7 nitrogen and oxygen atoms in total. The van der Waals surface area contributed by atoms with Crippen molar-refractivity contribution in [2.45, 2.75) is 25.7 Å². The number of nitrogens with one attached hydrogen (secondary N) is 1. The second-order valence-electron chi connectivity index (χ2n) is 7.77. The zero-order valence-electron chi connectivity index (χ0n) is 18.1. The lowest BCUT2D eigenvalue weighted by atomic mass is 10.1. The lowest BCUT2D eigenvalue weighted by molar-refractivity contribution is 0.0787. The van der Waals surface area contributed by atoms with Crippen molar-refractivity contribution in [2.24, 2.45) is 7.05 Å². The van der Waals surface area contributed by atoms with E-state index in [9.17, 15) is 9.18 Å². The first-order chi connectivity index (χ1) is 15.5. The molecule has 0 saturated carbocycles. The van der Waals surface area contributed by atoms with Crippen LogP contribution in [0.4, 0.5) is 4.39 Å². The molecule has 0 atom stereocenters. The molecule has 0 fully saturated rings. The minimum atomic E-state index is -0.267. The van der Waals surface area contributed by atoms with Crippen LogP contribution in [0.25, 0.3) is 21.8 Å². The van der Waals surface area contributed by atoms with Gasteiger partial charge in [-0.3, -0.25) is 14.6 Å². The van der Waals surface area contributed by atoms with Gasteiger partial charge in [-0.15, -0.1) is 11.3 Å². The molecule has 9 heteroatoms. The first-order valence-corrected chi connectivity index (χ1v) is 11.4. The molecular weight excluding hydrogens is 427 g/mol. The van der Waals surface area contributed by atoms with Gasteiger partial charge < -0.3 is 4.90 Å². The number of unbranched alkanes of at least 4 members (excludes halogenated alkanes) is 2. The van der Waals surface area contributed by atoms with Crippen LogP contribution in [-0.4, -0.2) is 49.4 Å². The van der Waals surface area contributed by atoms with Crippen LogP contribution in [0.5, 0.6) is 0 Å². The Hall–Kier alpha value is -3.33. The van der Waals surface area contributed by atoms with Crippen LogP contribution in [-0.2, 0) is 13.5 Å². The highest BCUT2D eigenvalue weighted by molar-refractivity contribution is 7.13. The van der Waals surface area contributed by atoms with E-state index in [1.165, 1.54) is 23.5 Å². The van der Waals surface area contributed by atoms with Crippen LogP contribution in [0.1, 0.15) is 35.4 Å². The van der Waals surface area contributed by atoms with Crippen LogP contribution in [0.15, 0.2) is 48.1 Å². The number of carbonyl (C=O) groups is 1.